The second-order valence-electron chi connectivity index (χ2n) is 5.81. The first-order chi connectivity index (χ1) is 10.3. The molecule has 1 atom stereocenters. The fraction of sp³-hybridized carbons (Fsp3) is 0.389. The van der Waals surface area contributed by atoms with Gasteiger partial charge in [-0.3, -0.25) is 4.90 Å². The summed E-state index contributed by atoms with van der Waals surface area (Å²) in [5.41, 5.74) is 9.46. The molecule has 1 aliphatic rings. The number of nitrogens with two attached hydrogens (primary N) is 1. The molecule has 3 nitrogen and oxygen atoms in total. The lowest BCUT2D eigenvalue weighted by molar-refractivity contribution is 0.240. The summed E-state index contributed by atoms with van der Waals surface area (Å²) in [4.78, 5) is 6.76. The molecule has 110 valence electrons. The minimum atomic E-state index is 0.593. The van der Waals surface area contributed by atoms with E-state index in [4.69, 9.17) is 5.73 Å². The van der Waals surface area contributed by atoms with Gasteiger partial charge in [-0.15, -0.1) is 0 Å². The molecule has 1 saturated heterocycles. The molecule has 2 N–H and O–H groups in total. The molecule has 1 fully saturated rings. The molecule has 2 aromatic rings. The minimum absolute atomic E-state index is 0.593. The van der Waals surface area contributed by atoms with Crippen molar-refractivity contribution >= 4 is 5.82 Å². The van der Waals surface area contributed by atoms with Crippen LogP contribution in [0.4, 0.5) is 5.82 Å². The summed E-state index contributed by atoms with van der Waals surface area (Å²) >= 11 is 0. The number of hydrogen-bond acceptors (Lipinski definition) is 3. The number of benzene rings is 1. The molecule has 0 radical (unpaired) electrons. The maximum atomic E-state index is 5.94. The molecule has 1 aliphatic heterocycles. The Morgan fingerprint density at radius 3 is 2.76 bits per heavy atom. The first-order valence-electron chi connectivity index (χ1n) is 7.82. The van der Waals surface area contributed by atoms with Crippen LogP contribution in [0.2, 0.25) is 0 Å². The Kier molecular flexibility index (Phi) is 4.20. The fourth-order valence-corrected chi connectivity index (χ4v) is 3.25. The highest BCUT2D eigenvalue weighted by molar-refractivity contribution is 5.73. The number of anilines is 1. The van der Waals surface area contributed by atoms with Gasteiger partial charge >= 0.3 is 0 Å². The van der Waals surface area contributed by atoms with Gasteiger partial charge in [-0.2, -0.15) is 0 Å². The van der Waals surface area contributed by atoms with Crippen molar-refractivity contribution in [3.8, 4) is 11.1 Å². The van der Waals surface area contributed by atoms with Crippen molar-refractivity contribution in [3.63, 3.8) is 0 Å². The van der Waals surface area contributed by atoms with E-state index in [2.05, 4.69) is 41.1 Å². The number of likely N-dealkylation sites (tertiary alicyclic amines) is 1. The lowest BCUT2D eigenvalue weighted by Gasteiger charge is -2.23. The lowest BCUT2D eigenvalue weighted by Crippen LogP contribution is -2.28. The van der Waals surface area contributed by atoms with E-state index in [-0.39, 0.29) is 0 Å². The van der Waals surface area contributed by atoms with E-state index < -0.39 is 0 Å². The molecule has 3 rings (SSSR count). The molecule has 3 heteroatoms. The number of aromatic nitrogens is 1. The van der Waals surface area contributed by atoms with Crippen LogP contribution in [0, 0.1) is 0 Å². The van der Waals surface area contributed by atoms with Gasteiger partial charge in [-0.25, -0.2) is 4.98 Å². The Morgan fingerprint density at radius 2 is 2.05 bits per heavy atom. The zero-order valence-corrected chi connectivity index (χ0v) is 12.6. The molecule has 2 heterocycles. The monoisotopic (exact) mass is 281 g/mol. The van der Waals surface area contributed by atoms with Crippen LogP contribution in [-0.4, -0.2) is 22.5 Å². The minimum Gasteiger partial charge on any atom is -0.383 e. The second kappa shape index (κ2) is 6.27. The van der Waals surface area contributed by atoms with Gasteiger partial charge in [0.05, 0.1) is 0 Å². The summed E-state index contributed by atoms with van der Waals surface area (Å²) in [6.07, 6.45) is 5.67. The second-order valence-corrected chi connectivity index (χ2v) is 5.81. The van der Waals surface area contributed by atoms with Crippen LogP contribution in [0.3, 0.4) is 0 Å². The molecule has 1 aromatic carbocycles. The largest absolute Gasteiger partial charge is 0.383 e. The molecule has 0 bridgehead atoms. The first kappa shape index (κ1) is 14.1. The first-order valence-corrected chi connectivity index (χ1v) is 7.82. The van der Waals surface area contributed by atoms with Crippen molar-refractivity contribution in [1.29, 1.82) is 0 Å². The van der Waals surface area contributed by atoms with Crippen molar-refractivity contribution in [2.75, 3.05) is 12.3 Å². The zero-order chi connectivity index (χ0) is 14.7. The van der Waals surface area contributed by atoms with Gasteiger partial charge in [-0.1, -0.05) is 31.2 Å². The van der Waals surface area contributed by atoms with Crippen LogP contribution in [0.15, 0.2) is 42.6 Å². The van der Waals surface area contributed by atoms with E-state index in [9.17, 15) is 0 Å². The van der Waals surface area contributed by atoms with Crippen LogP contribution >= 0.6 is 0 Å². The molecule has 1 aromatic heterocycles. The Bertz CT molecular complexity index is 592. The predicted molar refractivity (Wildman–Crippen MR) is 87.8 cm³/mol. The Morgan fingerprint density at radius 1 is 1.24 bits per heavy atom. The summed E-state index contributed by atoms with van der Waals surface area (Å²) in [7, 11) is 0. The predicted octanol–water partition coefficient (Wildman–Crippen LogP) is 3.71. The van der Waals surface area contributed by atoms with Crippen LogP contribution in [0.5, 0.6) is 0 Å². The highest BCUT2D eigenvalue weighted by Gasteiger charge is 2.22. The molecule has 1 unspecified atom stereocenters. The quantitative estimate of drug-likeness (QED) is 0.929. The van der Waals surface area contributed by atoms with E-state index >= 15 is 0 Å². The third-order valence-electron chi connectivity index (χ3n) is 4.46. The van der Waals surface area contributed by atoms with Gasteiger partial charge < -0.3 is 5.73 Å². The molecule has 0 amide bonds. The number of nitrogen functional groups attached to an aromatic ring is 1. The normalized spacial score (nSPS) is 19.0. The fourth-order valence-electron chi connectivity index (χ4n) is 3.25. The third kappa shape index (κ3) is 3.08. The van der Waals surface area contributed by atoms with Gasteiger partial charge in [0.2, 0.25) is 0 Å². The van der Waals surface area contributed by atoms with Crippen molar-refractivity contribution < 1.29 is 0 Å². The summed E-state index contributed by atoms with van der Waals surface area (Å²) in [5, 5.41) is 0. The topological polar surface area (TPSA) is 42.2 Å². The summed E-state index contributed by atoms with van der Waals surface area (Å²) in [6, 6.07) is 13.4. The molecule has 0 spiro atoms. The SMILES string of the molecule is CCC1CCCN1Cc1ccc(-c2cccnc2N)cc1. The van der Waals surface area contributed by atoms with Crippen molar-refractivity contribution in [3.05, 3.63) is 48.2 Å². The Labute approximate surface area is 126 Å². The smallest absolute Gasteiger partial charge is 0.131 e. The van der Waals surface area contributed by atoms with E-state index in [0.717, 1.165) is 23.7 Å². The van der Waals surface area contributed by atoms with Crippen LogP contribution in [0.1, 0.15) is 31.7 Å². The standard InChI is InChI=1S/C18H23N3/c1-2-16-5-4-12-21(16)13-14-7-9-15(10-8-14)17-6-3-11-20-18(17)19/h3,6-11,16H,2,4-5,12-13H2,1H3,(H2,19,20). The van der Waals surface area contributed by atoms with Crippen molar-refractivity contribution in [1.82, 2.24) is 9.88 Å². The van der Waals surface area contributed by atoms with E-state index in [1.165, 1.54) is 31.4 Å². The van der Waals surface area contributed by atoms with Gasteiger partial charge in [0.25, 0.3) is 0 Å². The van der Waals surface area contributed by atoms with Gasteiger partial charge in [0.15, 0.2) is 0 Å². The van der Waals surface area contributed by atoms with Gasteiger partial charge in [0.1, 0.15) is 5.82 Å². The van der Waals surface area contributed by atoms with Crippen LogP contribution in [0.25, 0.3) is 11.1 Å². The highest BCUT2D eigenvalue weighted by Crippen LogP contribution is 2.26. The highest BCUT2D eigenvalue weighted by atomic mass is 15.2. The van der Waals surface area contributed by atoms with Crippen LogP contribution in [-0.2, 0) is 6.54 Å². The Hall–Kier alpha value is -1.87. The zero-order valence-electron chi connectivity index (χ0n) is 12.6. The van der Waals surface area contributed by atoms with Gasteiger partial charge in [0, 0.05) is 24.3 Å². The summed E-state index contributed by atoms with van der Waals surface area (Å²) in [6.45, 7) is 4.58. The molecule has 0 saturated carbocycles. The van der Waals surface area contributed by atoms with Crippen LogP contribution < -0.4 is 5.73 Å². The van der Waals surface area contributed by atoms with Crippen molar-refractivity contribution in [2.24, 2.45) is 0 Å². The number of rotatable bonds is 4. The summed E-state index contributed by atoms with van der Waals surface area (Å²) in [5.74, 6) is 0.593. The number of nitrogens with zero attached hydrogens (tertiary/aromatic N) is 2. The number of pyridine rings is 1. The maximum Gasteiger partial charge on any atom is 0.131 e. The molecular weight excluding hydrogens is 258 g/mol. The maximum absolute atomic E-state index is 5.94. The molecule has 0 aliphatic carbocycles. The van der Waals surface area contributed by atoms with E-state index in [1.54, 1.807) is 6.20 Å². The third-order valence-corrected chi connectivity index (χ3v) is 4.46. The van der Waals surface area contributed by atoms with Crippen molar-refractivity contribution in [2.45, 2.75) is 38.8 Å². The van der Waals surface area contributed by atoms with Gasteiger partial charge in [-0.05, 0) is 49.1 Å². The molecule has 21 heavy (non-hydrogen) atoms. The average molecular weight is 281 g/mol. The van der Waals surface area contributed by atoms with E-state index in [0.29, 0.717) is 5.82 Å². The average Bonchev–Trinajstić information content (AvgIpc) is 2.96. The Balaban J connectivity index is 1.74. The molecular formula is C18H23N3. The summed E-state index contributed by atoms with van der Waals surface area (Å²) < 4.78 is 0. The lowest BCUT2D eigenvalue weighted by atomic mass is 10.0. The number of hydrogen-bond donors (Lipinski definition) is 1. The van der Waals surface area contributed by atoms with E-state index in [1.807, 2.05) is 12.1 Å².